The summed E-state index contributed by atoms with van der Waals surface area (Å²) >= 11 is 3.38. The second kappa shape index (κ2) is 5.82. The first-order valence-corrected chi connectivity index (χ1v) is 5.97. The molecule has 1 rings (SSSR count). The molecule has 1 amide bonds. The molecule has 0 saturated carbocycles. The summed E-state index contributed by atoms with van der Waals surface area (Å²) in [6, 6.07) is 4.73. The van der Waals surface area contributed by atoms with Crippen LogP contribution in [0, 0.1) is 6.92 Å². The minimum absolute atomic E-state index is 0.183. The van der Waals surface area contributed by atoms with E-state index in [2.05, 4.69) is 21.2 Å². The van der Waals surface area contributed by atoms with Gasteiger partial charge in [-0.05, 0) is 31.0 Å². The van der Waals surface area contributed by atoms with E-state index in [0.29, 0.717) is 0 Å². The van der Waals surface area contributed by atoms with Crippen molar-refractivity contribution in [2.45, 2.75) is 26.3 Å². The van der Waals surface area contributed by atoms with Crippen LogP contribution in [0.2, 0.25) is 0 Å². The van der Waals surface area contributed by atoms with Crippen molar-refractivity contribution in [1.29, 1.82) is 0 Å². The summed E-state index contributed by atoms with van der Waals surface area (Å²) in [5.41, 5.74) is 1.88. The number of halogens is 1. The van der Waals surface area contributed by atoms with Gasteiger partial charge in [0.05, 0.1) is 6.42 Å². The van der Waals surface area contributed by atoms with Gasteiger partial charge in [0.25, 0.3) is 0 Å². The van der Waals surface area contributed by atoms with Gasteiger partial charge in [0, 0.05) is 4.47 Å². The van der Waals surface area contributed by atoms with Crippen molar-refractivity contribution in [3.05, 3.63) is 33.8 Å². The van der Waals surface area contributed by atoms with Crippen LogP contribution >= 0.6 is 15.9 Å². The van der Waals surface area contributed by atoms with Crippen molar-refractivity contribution >= 4 is 27.8 Å². The monoisotopic (exact) mass is 299 g/mol. The predicted octanol–water partition coefficient (Wildman–Crippen LogP) is 1.89. The molecule has 92 valence electrons. The van der Waals surface area contributed by atoms with E-state index in [0.717, 1.165) is 15.6 Å². The Bertz CT molecular complexity index is 445. The van der Waals surface area contributed by atoms with E-state index in [-0.39, 0.29) is 12.3 Å². The van der Waals surface area contributed by atoms with E-state index < -0.39 is 12.0 Å². The Morgan fingerprint density at radius 3 is 2.71 bits per heavy atom. The molecule has 2 N–H and O–H groups in total. The average molecular weight is 300 g/mol. The standard InChI is InChI=1S/C12H14BrNO3/c1-7-9(4-3-5-10(7)13)6-11(15)14-8(2)12(16)17/h3-5,8H,6H2,1-2H3,(H,14,15)(H,16,17)/t8-/m1/s1. The Labute approximate surface area is 108 Å². The van der Waals surface area contributed by atoms with Crippen LogP contribution in [-0.4, -0.2) is 23.0 Å². The van der Waals surface area contributed by atoms with Crippen molar-refractivity contribution in [3.63, 3.8) is 0 Å². The van der Waals surface area contributed by atoms with Crippen LogP contribution < -0.4 is 5.32 Å². The van der Waals surface area contributed by atoms with E-state index in [1.807, 2.05) is 25.1 Å². The fourth-order valence-corrected chi connectivity index (χ4v) is 1.78. The van der Waals surface area contributed by atoms with Gasteiger partial charge in [-0.3, -0.25) is 9.59 Å². The van der Waals surface area contributed by atoms with Crippen LogP contribution in [0.3, 0.4) is 0 Å². The minimum atomic E-state index is -1.04. The number of benzene rings is 1. The highest BCUT2D eigenvalue weighted by molar-refractivity contribution is 9.10. The van der Waals surface area contributed by atoms with Gasteiger partial charge in [-0.25, -0.2) is 0 Å². The van der Waals surface area contributed by atoms with Gasteiger partial charge in [0.1, 0.15) is 6.04 Å². The molecular weight excluding hydrogens is 286 g/mol. The van der Waals surface area contributed by atoms with E-state index in [1.165, 1.54) is 6.92 Å². The Morgan fingerprint density at radius 2 is 2.12 bits per heavy atom. The second-order valence-electron chi connectivity index (χ2n) is 3.83. The fraction of sp³-hybridized carbons (Fsp3) is 0.333. The van der Waals surface area contributed by atoms with E-state index in [1.54, 1.807) is 0 Å². The van der Waals surface area contributed by atoms with Crippen LogP contribution in [-0.2, 0) is 16.0 Å². The first-order valence-electron chi connectivity index (χ1n) is 5.18. The van der Waals surface area contributed by atoms with Gasteiger partial charge in [-0.1, -0.05) is 28.1 Å². The number of rotatable bonds is 4. The van der Waals surface area contributed by atoms with Crippen LogP contribution in [0.5, 0.6) is 0 Å². The molecule has 0 bridgehead atoms. The summed E-state index contributed by atoms with van der Waals surface area (Å²) in [7, 11) is 0. The number of aliphatic carboxylic acids is 1. The third-order valence-corrected chi connectivity index (χ3v) is 3.34. The quantitative estimate of drug-likeness (QED) is 0.892. The lowest BCUT2D eigenvalue weighted by Crippen LogP contribution is -2.39. The van der Waals surface area contributed by atoms with Gasteiger partial charge >= 0.3 is 5.97 Å². The van der Waals surface area contributed by atoms with Gasteiger partial charge in [-0.2, -0.15) is 0 Å². The molecule has 0 aromatic heterocycles. The number of carbonyl (C=O) groups excluding carboxylic acids is 1. The van der Waals surface area contributed by atoms with E-state index in [9.17, 15) is 9.59 Å². The van der Waals surface area contributed by atoms with Crippen molar-refractivity contribution in [1.82, 2.24) is 5.32 Å². The Kier molecular flexibility index (Phi) is 4.69. The molecule has 0 heterocycles. The van der Waals surface area contributed by atoms with Crippen LogP contribution in [0.4, 0.5) is 0 Å². The van der Waals surface area contributed by atoms with Gasteiger partial charge < -0.3 is 10.4 Å². The van der Waals surface area contributed by atoms with Crippen LogP contribution in [0.15, 0.2) is 22.7 Å². The van der Waals surface area contributed by atoms with Gasteiger partial charge in [0.15, 0.2) is 0 Å². The first-order chi connectivity index (χ1) is 7.91. The number of nitrogens with one attached hydrogen (secondary N) is 1. The van der Waals surface area contributed by atoms with Crippen LogP contribution in [0.1, 0.15) is 18.1 Å². The Hall–Kier alpha value is -1.36. The Morgan fingerprint density at radius 1 is 1.47 bits per heavy atom. The SMILES string of the molecule is Cc1c(Br)cccc1CC(=O)N[C@H](C)C(=O)O. The summed E-state index contributed by atoms with van der Waals surface area (Å²) in [5, 5.41) is 11.1. The third-order valence-electron chi connectivity index (χ3n) is 2.48. The summed E-state index contributed by atoms with van der Waals surface area (Å²) in [6.07, 6.45) is 0.183. The topological polar surface area (TPSA) is 66.4 Å². The van der Waals surface area contributed by atoms with E-state index in [4.69, 9.17) is 5.11 Å². The summed E-state index contributed by atoms with van der Waals surface area (Å²) < 4.78 is 0.939. The van der Waals surface area contributed by atoms with Crippen molar-refractivity contribution < 1.29 is 14.7 Å². The molecule has 0 aliphatic carbocycles. The van der Waals surface area contributed by atoms with Crippen molar-refractivity contribution in [2.75, 3.05) is 0 Å². The molecule has 4 nitrogen and oxygen atoms in total. The average Bonchev–Trinajstić information content (AvgIpc) is 2.24. The van der Waals surface area contributed by atoms with Gasteiger partial charge in [-0.15, -0.1) is 0 Å². The third kappa shape index (κ3) is 3.85. The normalized spacial score (nSPS) is 11.9. The zero-order valence-corrected chi connectivity index (χ0v) is 11.2. The molecule has 0 saturated heterocycles. The zero-order chi connectivity index (χ0) is 13.0. The Balaban J connectivity index is 2.69. The molecule has 0 aliphatic heterocycles. The lowest BCUT2D eigenvalue weighted by Gasteiger charge is -2.11. The zero-order valence-electron chi connectivity index (χ0n) is 9.66. The fourth-order valence-electron chi connectivity index (χ4n) is 1.37. The number of carboxylic acid groups (broad SMARTS) is 1. The number of carboxylic acids is 1. The molecule has 0 spiro atoms. The summed E-state index contributed by atoms with van der Waals surface area (Å²) in [6.45, 7) is 3.35. The molecule has 17 heavy (non-hydrogen) atoms. The highest BCUT2D eigenvalue weighted by atomic mass is 79.9. The lowest BCUT2D eigenvalue weighted by molar-refractivity contribution is -0.141. The molecule has 0 radical (unpaired) electrons. The molecule has 0 unspecified atom stereocenters. The van der Waals surface area contributed by atoms with Crippen molar-refractivity contribution in [2.24, 2.45) is 0 Å². The maximum Gasteiger partial charge on any atom is 0.325 e. The van der Waals surface area contributed by atoms with Gasteiger partial charge in [0.2, 0.25) is 5.91 Å². The predicted molar refractivity (Wildman–Crippen MR) is 67.8 cm³/mol. The highest BCUT2D eigenvalue weighted by Gasteiger charge is 2.14. The largest absolute Gasteiger partial charge is 0.480 e. The lowest BCUT2D eigenvalue weighted by atomic mass is 10.1. The minimum Gasteiger partial charge on any atom is -0.480 e. The molecule has 1 aromatic carbocycles. The summed E-state index contributed by atoms with van der Waals surface area (Å²) in [5.74, 6) is -1.33. The smallest absolute Gasteiger partial charge is 0.325 e. The molecule has 0 fully saturated rings. The first kappa shape index (κ1) is 13.7. The van der Waals surface area contributed by atoms with Crippen molar-refractivity contribution in [3.8, 4) is 0 Å². The molecule has 1 atom stereocenters. The molecule has 0 aliphatic rings. The highest BCUT2D eigenvalue weighted by Crippen LogP contribution is 2.19. The molecule has 5 heteroatoms. The number of hydrogen-bond donors (Lipinski definition) is 2. The van der Waals surface area contributed by atoms with E-state index >= 15 is 0 Å². The number of amides is 1. The molecule has 1 aromatic rings. The maximum absolute atomic E-state index is 11.6. The number of carbonyl (C=O) groups is 2. The van der Waals surface area contributed by atoms with Crippen LogP contribution in [0.25, 0.3) is 0 Å². The maximum atomic E-state index is 11.6. The summed E-state index contributed by atoms with van der Waals surface area (Å²) in [4.78, 5) is 22.2. The second-order valence-corrected chi connectivity index (χ2v) is 4.68. The number of hydrogen-bond acceptors (Lipinski definition) is 2. The molecular formula is C12H14BrNO3.